The molecule has 1 aliphatic carbocycles. The van der Waals surface area contributed by atoms with Gasteiger partial charge in [-0.25, -0.2) is 0 Å². The van der Waals surface area contributed by atoms with Crippen molar-refractivity contribution in [3.63, 3.8) is 0 Å². The van der Waals surface area contributed by atoms with Gasteiger partial charge in [-0.05, 0) is 61.6 Å². The topological polar surface area (TPSA) is 67.4 Å². The van der Waals surface area contributed by atoms with Crippen molar-refractivity contribution in [3.8, 4) is 5.75 Å². The summed E-state index contributed by atoms with van der Waals surface area (Å²) in [5.41, 5.74) is 2.50. The van der Waals surface area contributed by atoms with Crippen molar-refractivity contribution in [2.24, 2.45) is 5.41 Å². The molecular weight excluding hydrogens is 328 g/mol. The summed E-state index contributed by atoms with van der Waals surface area (Å²) in [5, 5.41) is 5.74. The summed E-state index contributed by atoms with van der Waals surface area (Å²) < 4.78 is 5.30. The summed E-state index contributed by atoms with van der Waals surface area (Å²) in [6.45, 7) is 4.02. The SMILES string of the molecule is CCc1ccc(NC(=O)C2(C(=O)Nc3cc(C)ccc3OC)CC2)cc1. The molecule has 136 valence electrons. The monoisotopic (exact) mass is 352 g/mol. The fraction of sp³-hybridized carbons (Fsp3) is 0.333. The van der Waals surface area contributed by atoms with E-state index in [9.17, 15) is 9.59 Å². The van der Waals surface area contributed by atoms with Gasteiger partial charge in [0.15, 0.2) is 0 Å². The molecule has 1 saturated carbocycles. The Balaban J connectivity index is 1.72. The highest BCUT2D eigenvalue weighted by molar-refractivity contribution is 6.17. The van der Waals surface area contributed by atoms with Crippen LogP contribution in [-0.4, -0.2) is 18.9 Å². The Kier molecular flexibility index (Phi) is 4.98. The molecule has 0 aromatic heterocycles. The van der Waals surface area contributed by atoms with Crippen LogP contribution in [0.15, 0.2) is 42.5 Å². The first-order valence-corrected chi connectivity index (χ1v) is 8.85. The Morgan fingerprint density at radius 3 is 2.27 bits per heavy atom. The van der Waals surface area contributed by atoms with Crippen LogP contribution < -0.4 is 15.4 Å². The van der Waals surface area contributed by atoms with Gasteiger partial charge in [-0.3, -0.25) is 9.59 Å². The number of ether oxygens (including phenoxy) is 1. The lowest BCUT2D eigenvalue weighted by Gasteiger charge is -2.17. The van der Waals surface area contributed by atoms with Gasteiger partial charge in [0.05, 0.1) is 12.8 Å². The highest BCUT2D eigenvalue weighted by atomic mass is 16.5. The van der Waals surface area contributed by atoms with Gasteiger partial charge < -0.3 is 15.4 Å². The predicted octanol–water partition coefficient (Wildman–Crippen LogP) is 3.92. The van der Waals surface area contributed by atoms with Crippen molar-refractivity contribution >= 4 is 23.2 Å². The van der Waals surface area contributed by atoms with E-state index in [1.54, 1.807) is 13.2 Å². The third kappa shape index (κ3) is 3.57. The summed E-state index contributed by atoms with van der Waals surface area (Å²) >= 11 is 0. The van der Waals surface area contributed by atoms with Crippen molar-refractivity contribution < 1.29 is 14.3 Å². The second-order valence-corrected chi connectivity index (χ2v) is 6.74. The largest absolute Gasteiger partial charge is 0.495 e. The summed E-state index contributed by atoms with van der Waals surface area (Å²) in [7, 11) is 1.56. The van der Waals surface area contributed by atoms with Gasteiger partial charge in [0.1, 0.15) is 11.2 Å². The highest BCUT2D eigenvalue weighted by Gasteiger charge is 2.56. The lowest BCUT2D eigenvalue weighted by Crippen LogP contribution is -2.35. The molecule has 0 atom stereocenters. The van der Waals surface area contributed by atoms with E-state index in [2.05, 4.69) is 17.6 Å². The van der Waals surface area contributed by atoms with Gasteiger partial charge in [0.2, 0.25) is 11.8 Å². The van der Waals surface area contributed by atoms with Crippen molar-refractivity contribution in [3.05, 3.63) is 53.6 Å². The first-order chi connectivity index (χ1) is 12.5. The van der Waals surface area contributed by atoms with Crippen LogP contribution in [0.3, 0.4) is 0 Å². The molecule has 0 heterocycles. The number of carbonyl (C=O) groups excluding carboxylic acids is 2. The van der Waals surface area contributed by atoms with E-state index in [4.69, 9.17) is 4.74 Å². The van der Waals surface area contributed by atoms with E-state index >= 15 is 0 Å². The number of amides is 2. The van der Waals surface area contributed by atoms with Crippen LogP contribution in [-0.2, 0) is 16.0 Å². The molecule has 3 rings (SSSR count). The van der Waals surface area contributed by atoms with Gasteiger partial charge in [-0.15, -0.1) is 0 Å². The normalized spacial score (nSPS) is 14.4. The number of methoxy groups -OCH3 is 1. The van der Waals surface area contributed by atoms with Crippen LogP contribution in [0.2, 0.25) is 0 Å². The molecule has 0 bridgehead atoms. The van der Waals surface area contributed by atoms with E-state index in [0.717, 1.165) is 12.0 Å². The Bertz CT molecular complexity index is 824. The molecule has 5 nitrogen and oxygen atoms in total. The number of carbonyl (C=O) groups is 2. The predicted molar refractivity (Wildman–Crippen MR) is 102 cm³/mol. The molecular formula is C21H24N2O3. The lowest BCUT2D eigenvalue weighted by atomic mass is 10.0. The zero-order valence-electron chi connectivity index (χ0n) is 15.4. The molecule has 0 aliphatic heterocycles. The fourth-order valence-electron chi connectivity index (χ4n) is 2.92. The molecule has 2 amide bonds. The van der Waals surface area contributed by atoms with E-state index in [1.165, 1.54) is 5.56 Å². The number of anilines is 2. The van der Waals surface area contributed by atoms with Crippen LogP contribution >= 0.6 is 0 Å². The maximum absolute atomic E-state index is 12.8. The Morgan fingerprint density at radius 2 is 1.69 bits per heavy atom. The minimum atomic E-state index is -1.00. The van der Waals surface area contributed by atoms with Crippen molar-refractivity contribution in [2.45, 2.75) is 33.1 Å². The molecule has 0 spiro atoms. The summed E-state index contributed by atoms with van der Waals surface area (Å²) in [5.74, 6) is 0.0326. The van der Waals surface area contributed by atoms with Gasteiger partial charge in [0, 0.05) is 5.69 Å². The Hall–Kier alpha value is -2.82. The van der Waals surface area contributed by atoms with E-state index in [-0.39, 0.29) is 11.8 Å². The molecule has 0 radical (unpaired) electrons. The summed E-state index contributed by atoms with van der Waals surface area (Å²) in [4.78, 5) is 25.5. The smallest absolute Gasteiger partial charge is 0.240 e. The van der Waals surface area contributed by atoms with E-state index < -0.39 is 5.41 Å². The molecule has 2 aromatic rings. The summed E-state index contributed by atoms with van der Waals surface area (Å²) in [6, 6.07) is 13.3. The van der Waals surface area contributed by atoms with Crippen molar-refractivity contribution in [1.29, 1.82) is 0 Å². The fourth-order valence-corrected chi connectivity index (χ4v) is 2.92. The van der Waals surface area contributed by atoms with Gasteiger partial charge in [-0.1, -0.05) is 25.1 Å². The minimum absolute atomic E-state index is 0.258. The Labute approximate surface area is 153 Å². The number of hydrogen-bond acceptors (Lipinski definition) is 3. The second kappa shape index (κ2) is 7.20. The van der Waals surface area contributed by atoms with Crippen LogP contribution in [0.4, 0.5) is 11.4 Å². The molecule has 5 heteroatoms. The molecule has 26 heavy (non-hydrogen) atoms. The quantitative estimate of drug-likeness (QED) is 0.774. The average molecular weight is 352 g/mol. The molecule has 0 unspecified atom stereocenters. The number of benzene rings is 2. The second-order valence-electron chi connectivity index (χ2n) is 6.74. The van der Waals surface area contributed by atoms with Crippen LogP contribution in [0, 0.1) is 12.3 Å². The molecule has 1 fully saturated rings. The maximum Gasteiger partial charge on any atom is 0.240 e. The van der Waals surface area contributed by atoms with Gasteiger partial charge >= 0.3 is 0 Å². The van der Waals surface area contributed by atoms with Crippen LogP contribution in [0.5, 0.6) is 5.75 Å². The highest BCUT2D eigenvalue weighted by Crippen LogP contribution is 2.48. The number of aryl methyl sites for hydroxylation is 2. The van der Waals surface area contributed by atoms with E-state index in [1.807, 2.05) is 43.3 Å². The Morgan fingerprint density at radius 1 is 1.04 bits per heavy atom. The van der Waals surface area contributed by atoms with E-state index in [0.29, 0.717) is 30.0 Å². The van der Waals surface area contributed by atoms with Crippen LogP contribution in [0.25, 0.3) is 0 Å². The summed E-state index contributed by atoms with van der Waals surface area (Å²) in [6.07, 6.45) is 2.04. The molecule has 1 aliphatic rings. The molecule has 2 N–H and O–H groups in total. The minimum Gasteiger partial charge on any atom is -0.495 e. The zero-order chi connectivity index (χ0) is 18.7. The first kappa shape index (κ1) is 18.0. The standard InChI is InChI=1S/C21H24N2O3/c1-4-15-6-8-16(9-7-15)22-19(24)21(11-12-21)20(25)23-17-13-14(2)5-10-18(17)26-3/h5-10,13H,4,11-12H2,1-3H3,(H,22,24)(H,23,25). The number of hydrogen-bond donors (Lipinski definition) is 2. The van der Waals surface area contributed by atoms with Gasteiger partial charge in [-0.2, -0.15) is 0 Å². The molecule has 2 aromatic carbocycles. The number of nitrogens with one attached hydrogen (secondary N) is 2. The zero-order valence-corrected chi connectivity index (χ0v) is 15.4. The number of rotatable bonds is 6. The average Bonchev–Trinajstić information content (AvgIpc) is 3.45. The molecule has 0 saturated heterocycles. The third-order valence-corrected chi connectivity index (χ3v) is 4.84. The lowest BCUT2D eigenvalue weighted by molar-refractivity contribution is -0.131. The first-order valence-electron chi connectivity index (χ1n) is 8.85. The van der Waals surface area contributed by atoms with Crippen molar-refractivity contribution in [1.82, 2.24) is 0 Å². The third-order valence-electron chi connectivity index (χ3n) is 4.84. The van der Waals surface area contributed by atoms with Gasteiger partial charge in [0.25, 0.3) is 0 Å². The van der Waals surface area contributed by atoms with Crippen LogP contribution in [0.1, 0.15) is 30.9 Å². The van der Waals surface area contributed by atoms with Crippen molar-refractivity contribution in [2.75, 3.05) is 17.7 Å². The maximum atomic E-state index is 12.8.